The van der Waals surface area contributed by atoms with E-state index in [-0.39, 0.29) is 5.29 Å². The largest absolute Gasteiger partial charge is 0.332 e. The van der Waals surface area contributed by atoms with Gasteiger partial charge in [0.05, 0.1) is 0 Å². The molecular formula is C5H8ClFN2. The molecule has 0 heterocycles. The van der Waals surface area contributed by atoms with E-state index in [4.69, 9.17) is 11.6 Å². The summed E-state index contributed by atoms with van der Waals surface area (Å²) >= 11 is 5.37. The number of nitrogens with zero attached hydrogens (tertiary/aromatic N) is 1. The van der Waals surface area contributed by atoms with Gasteiger partial charge in [-0.2, -0.15) is 0 Å². The van der Waals surface area contributed by atoms with Gasteiger partial charge in [-0.25, -0.2) is 4.39 Å². The molecule has 52 valence electrons. The Morgan fingerprint density at radius 3 is 2.67 bits per heavy atom. The van der Waals surface area contributed by atoms with Crippen molar-refractivity contribution in [2.45, 2.75) is 6.92 Å². The Morgan fingerprint density at radius 1 is 1.78 bits per heavy atom. The molecule has 9 heavy (non-hydrogen) atoms. The number of halogens is 2. The van der Waals surface area contributed by atoms with Crippen LogP contribution in [0.2, 0.25) is 0 Å². The van der Waals surface area contributed by atoms with E-state index in [9.17, 15) is 4.39 Å². The summed E-state index contributed by atoms with van der Waals surface area (Å²) < 4.78 is 11.5. The molecule has 0 aromatic rings. The van der Waals surface area contributed by atoms with Crippen molar-refractivity contribution in [3.05, 3.63) is 12.0 Å². The Labute approximate surface area is 58.4 Å². The second-order valence-corrected chi connectivity index (χ2v) is 1.79. The third kappa shape index (κ3) is 3.97. The predicted molar refractivity (Wildman–Crippen MR) is 37.2 cm³/mol. The molecule has 4 heteroatoms. The van der Waals surface area contributed by atoms with E-state index in [2.05, 4.69) is 10.3 Å². The summed E-state index contributed by atoms with van der Waals surface area (Å²) in [6.45, 7) is 1.55. The zero-order chi connectivity index (χ0) is 7.28. The van der Waals surface area contributed by atoms with Crippen molar-refractivity contribution in [1.29, 1.82) is 0 Å². The van der Waals surface area contributed by atoms with Crippen LogP contribution in [0.15, 0.2) is 17.0 Å². The van der Waals surface area contributed by atoms with Crippen molar-refractivity contribution in [1.82, 2.24) is 5.32 Å². The van der Waals surface area contributed by atoms with Crippen molar-refractivity contribution in [2.24, 2.45) is 4.99 Å². The highest BCUT2D eigenvalue weighted by Crippen LogP contribution is 1.89. The third-order valence-corrected chi connectivity index (χ3v) is 0.924. The van der Waals surface area contributed by atoms with Gasteiger partial charge < -0.3 is 5.32 Å². The van der Waals surface area contributed by atoms with Gasteiger partial charge in [-0.05, 0) is 18.5 Å². The van der Waals surface area contributed by atoms with Gasteiger partial charge in [0.2, 0.25) is 0 Å². The number of hydrogen-bond donors (Lipinski definition) is 1. The Hall–Kier alpha value is -0.570. The molecule has 0 unspecified atom stereocenters. The summed E-state index contributed by atoms with van der Waals surface area (Å²) in [6.07, 6.45) is 0.424. The average Bonchev–Trinajstić information content (AvgIpc) is 1.87. The molecule has 2 nitrogen and oxygen atoms in total. The maximum Gasteiger partial charge on any atom is 0.195 e. The highest BCUT2D eigenvalue weighted by molar-refractivity contribution is 6.64. The summed E-state index contributed by atoms with van der Waals surface area (Å²) in [6, 6.07) is 0. The lowest BCUT2D eigenvalue weighted by Gasteiger charge is -1.98. The molecular weight excluding hydrogens is 143 g/mol. The van der Waals surface area contributed by atoms with E-state index < -0.39 is 0 Å². The Balaban J connectivity index is 3.75. The minimum absolute atomic E-state index is 0.182. The zero-order valence-electron chi connectivity index (χ0n) is 5.28. The number of rotatable bonds is 1. The van der Waals surface area contributed by atoms with Crippen LogP contribution in [0, 0.1) is 0 Å². The van der Waals surface area contributed by atoms with Crippen molar-refractivity contribution in [3.8, 4) is 0 Å². The Bertz CT molecular complexity index is 126. The van der Waals surface area contributed by atoms with Crippen LogP contribution in [0.25, 0.3) is 0 Å². The van der Waals surface area contributed by atoms with Crippen LogP contribution in [0.1, 0.15) is 6.92 Å². The van der Waals surface area contributed by atoms with E-state index in [1.165, 1.54) is 7.05 Å². The maximum atomic E-state index is 11.5. The fourth-order valence-corrected chi connectivity index (χ4v) is 0.395. The normalized spacial score (nSPS) is 13.8. The molecule has 0 saturated carbocycles. The van der Waals surface area contributed by atoms with Crippen LogP contribution >= 0.6 is 11.6 Å². The number of hydrogen-bond acceptors (Lipinski definition) is 1. The lowest BCUT2D eigenvalue weighted by Crippen LogP contribution is -2.14. The minimum Gasteiger partial charge on any atom is -0.332 e. The van der Waals surface area contributed by atoms with Crippen LogP contribution in [-0.2, 0) is 0 Å². The Morgan fingerprint density at radius 2 is 2.33 bits per heavy atom. The van der Waals surface area contributed by atoms with Crippen LogP contribution in [0.5, 0.6) is 0 Å². The van der Waals surface area contributed by atoms with Crippen LogP contribution in [0.4, 0.5) is 4.39 Å². The smallest absolute Gasteiger partial charge is 0.195 e. The summed E-state index contributed by atoms with van der Waals surface area (Å²) in [5.41, 5.74) is 0.339. The van der Waals surface area contributed by atoms with E-state index >= 15 is 0 Å². The second-order valence-electron chi connectivity index (χ2n) is 1.43. The molecule has 0 aromatic heterocycles. The molecule has 0 fully saturated rings. The number of amidine groups is 1. The minimum atomic E-state index is 0.182. The average molecular weight is 151 g/mol. The molecule has 0 aliphatic rings. The van der Waals surface area contributed by atoms with Gasteiger partial charge in [0, 0.05) is 12.7 Å². The molecule has 0 saturated heterocycles. The SMILES string of the molecule is CN=C(Cl)N/C(C)=C\F. The van der Waals surface area contributed by atoms with Gasteiger partial charge in [0.15, 0.2) is 5.29 Å². The van der Waals surface area contributed by atoms with Crippen molar-refractivity contribution in [3.63, 3.8) is 0 Å². The fourth-order valence-electron chi connectivity index (χ4n) is 0.246. The lowest BCUT2D eigenvalue weighted by molar-refractivity contribution is 0.702. The topological polar surface area (TPSA) is 24.4 Å². The quantitative estimate of drug-likeness (QED) is 0.343. The highest BCUT2D eigenvalue weighted by Gasteiger charge is 1.89. The van der Waals surface area contributed by atoms with Gasteiger partial charge in [-0.1, -0.05) is 0 Å². The van der Waals surface area contributed by atoms with E-state index in [1.54, 1.807) is 6.92 Å². The van der Waals surface area contributed by atoms with Crippen LogP contribution in [0.3, 0.4) is 0 Å². The molecule has 0 spiro atoms. The summed E-state index contributed by atoms with van der Waals surface area (Å²) in [5, 5.41) is 2.66. The molecule has 0 aliphatic carbocycles. The zero-order valence-corrected chi connectivity index (χ0v) is 6.04. The van der Waals surface area contributed by atoms with E-state index in [1.807, 2.05) is 0 Å². The molecule has 0 aromatic carbocycles. The van der Waals surface area contributed by atoms with Gasteiger partial charge in [-0.15, -0.1) is 0 Å². The first-order chi connectivity index (χ1) is 4.20. The molecule has 0 atom stereocenters. The molecule has 0 aliphatic heterocycles. The summed E-state index contributed by atoms with van der Waals surface area (Å²) in [5.74, 6) is 0. The predicted octanol–water partition coefficient (Wildman–Crippen LogP) is 1.63. The van der Waals surface area contributed by atoms with Crippen molar-refractivity contribution >= 4 is 16.9 Å². The number of allylic oxidation sites excluding steroid dienone is 1. The molecule has 0 bridgehead atoms. The maximum absolute atomic E-state index is 11.5. The monoisotopic (exact) mass is 150 g/mol. The van der Waals surface area contributed by atoms with Gasteiger partial charge in [0.25, 0.3) is 0 Å². The first-order valence-corrected chi connectivity index (χ1v) is 2.74. The number of nitrogens with one attached hydrogen (secondary N) is 1. The molecule has 0 rings (SSSR count). The standard InChI is InChI=1S/C5H8ClFN2/c1-4(3-7)9-5(6)8-2/h3H,1-2H3,(H,8,9)/b4-3-. The van der Waals surface area contributed by atoms with Gasteiger partial charge >= 0.3 is 0 Å². The first-order valence-electron chi connectivity index (χ1n) is 2.37. The van der Waals surface area contributed by atoms with Crippen LogP contribution in [-0.4, -0.2) is 12.3 Å². The second kappa shape index (κ2) is 4.32. The molecule has 1 N–H and O–H groups in total. The van der Waals surface area contributed by atoms with E-state index in [0.717, 1.165) is 0 Å². The first kappa shape index (κ1) is 8.43. The molecule has 0 radical (unpaired) electrons. The fraction of sp³-hybridized carbons (Fsp3) is 0.400. The van der Waals surface area contributed by atoms with Crippen LogP contribution < -0.4 is 5.32 Å². The van der Waals surface area contributed by atoms with E-state index in [0.29, 0.717) is 12.0 Å². The van der Waals surface area contributed by atoms with Crippen molar-refractivity contribution < 1.29 is 4.39 Å². The highest BCUT2D eigenvalue weighted by atomic mass is 35.5. The summed E-state index contributed by atoms with van der Waals surface area (Å²) in [7, 11) is 1.51. The lowest BCUT2D eigenvalue weighted by atomic mass is 10.6. The summed E-state index contributed by atoms with van der Waals surface area (Å²) in [4.78, 5) is 3.54. The Kier molecular flexibility index (Phi) is 4.05. The van der Waals surface area contributed by atoms with Gasteiger partial charge in [-0.3, -0.25) is 4.99 Å². The number of aliphatic imine (C=N–C) groups is 1. The molecule has 0 amide bonds. The van der Waals surface area contributed by atoms with Gasteiger partial charge in [0.1, 0.15) is 6.33 Å². The third-order valence-electron chi connectivity index (χ3n) is 0.660. The van der Waals surface area contributed by atoms with Crippen molar-refractivity contribution in [2.75, 3.05) is 7.05 Å².